The predicted molar refractivity (Wildman–Crippen MR) is 50.2 cm³/mol. The minimum absolute atomic E-state index is 0.0707. The summed E-state index contributed by atoms with van der Waals surface area (Å²) in [6, 6.07) is 0. The van der Waals surface area contributed by atoms with Crippen LogP contribution in [0.1, 0.15) is 12.1 Å². The number of nitrogens with one attached hydrogen (secondary N) is 1. The number of hydrogen-bond acceptors (Lipinski definition) is 3. The maximum absolute atomic E-state index is 11.1. The molecule has 0 fully saturated rings. The standard InChI is InChI=1S/C8H14N4O/c1-6-7(5-12(2)11-6)10-8(13)3-4-9/h5H,3-4,9H2,1-2H3,(H,10,13). The summed E-state index contributed by atoms with van der Waals surface area (Å²) in [6.45, 7) is 2.21. The van der Waals surface area contributed by atoms with Gasteiger partial charge in [0.05, 0.1) is 11.4 Å². The third-order valence-corrected chi connectivity index (χ3v) is 1.66. The summed E-state index contributed by atoms with van der Waals surface area (Å²) in [6.07, 6.45) is 2.11. The summed E-state index contributed by atoms with van der Waals surface area (Å²) in [5, 5.41) is 6.82. The number of aromatic nitrogens is 2. The molecule has 0 bridgehead atoms. The third-order valence-electron chi connectivity index (χ3n) is 1.66. The van der Waals surface area contributed by atoms with Crippen LogP contribution in [0.15, 0.2) is 6.20 Å². The Morgan fingerprint density at radius 1 is 1.77 bits per heavy atom. The molecule has 5 heteroatoms. The fourth-order valence-corrected chi connectivity index (χ4v) is 1.07. The molecule has 0 saturated heterocycles. The molecular formula is C8H14N4O. The molecule has 0 saturated carbocycles. The van der Waals surface area contributed by atoms with Crippen molar-refractivity contribution in [1.29, 1.82) is 0 Å². The molecule has 1 aromatic rings. The van der Waals surface area contributed by atoms with Crippen molar-refractivity contribution >= 4 is 11.6 Å². The average Bonchev–Trinajstić information content (AvgIpc) is 2.30. The number of aryl methyl sites for hydroxylation is 2. The zero-order valence-electron chi connectivity index (χ0n) is 7.87. The van der Waals surface area contributed by atoms with Gasteiger partial charge in [-0.2, -0.15) is 5.10 Å². The van der Waals surface area contributed by atoms with Crippen molar-refractivity contribution in [2.45, 2.75) is 13.3 Å². The van der Waals surface area contributed by atoms with Crippen molar-refractivity contribution < 1.29 is 4.79 Å². The first-order chi connectivity index (χ1) is 6.13. The highest BCUT2D eigenvalue weighted by atomic mass is 16.1. The number of hydrogen-bond donors (Lipinski definition) is 2. The van der Waals surface area contributed by atoms with Crippen molar-refractivity contribution in [3.63, 3.8) is 0 Å². The van der Waals surface area contributed by atoms with Gasteiger partial charge >= 0.3 is 0 Å². The lowest BCUT2D eigenvalue weighted by atomic mass is 10.3. The highest BCUT2D eigenvalue weighted by molar-refractivity contribution is 5.91. The topological polar surface area (TPSA) is 72.9 Å². The molecule has 72 valence electrons. The molecule has 0 radical (unpaired) electrons. The second kappa shape index (κ2) is 4.04. The summed E-state index contributed by atoms with van der Waals surface area (Å²) in [4.78, 5) is 11.1. The molecule has 0 aromatic carbocycles. The maximum Gasteiger partial charge on any atom is 0.225 e. The average molecular weight is 182 g/mol. The van der Waals surface area contributed by atoms with Crippen molar-refractivity contribution in [2.24, 2.45) is 12.8 Å². The Morgan fingerprint density at radius 3 is 2.92 bits per heavy atom. The van der Waals surface area contributed by atoms with E-state index in [1.807, 2.05) is 14.0 Å². The van der Waals surface area contributed by atoms with Gasteiger partial charge in [-0.3, -0.25) is 9.48 Å². The Kier molecular flexibility index (Phi) is 3.02. The molecule has 1 heterocycles. The Labute approximate surface area is 76.9 Å². The number of nitrogens with zero attached hydrogens (tertiary/aromatic N) is 2. The quantitative estimate of drug-likeness (QED) is 0.692. The number of amides is 1. The van der Waals surface area contributed by atoms with E-state index in [0.717, 1.165) is 11.4 Å². The van der Waals surface area contributed by atoms with Gasteiger partial charge in [0.1, 0.15) is 0 Å². The number of carbonyl (C=O) groups excluding carboxylic acids is 1. The first-order valence-electron chi connectivity index (χ1n) is 4.13. The Morgan fingerprint density at radius 2 is 2.46 bits per heavy atom. The largest absolute Gasteiger partial charge is 0.330 e. The molecule has 0 aliphatic heterocycles. The molecule has 13 heavy (non-hydrogen) atoms. The van der Waals surface area contributed by atoms with Gasteiger partial charge in [0, 0.05) is 26.2 Å². The molecule has 1 rings (SSSR count). The normalized spacial score (nSPS) is 10.1. The highest BCUT2D eigenvalue weighted by Gasteiger charge is 2.05. The maximum atomic E-state index is 11.1. The minimum Gasteiger partial charge on any atom is -0.330 e. The molecule has 0 atom stereocenters. The molecule has 0 aliphatic carbocycles. The molecule has 5 nitrogen and oxygen atoms in total. The molecule has 0 spiro atoms. The van der Waals surface area contributed by atoms with Crippen molar-refractivity contribution in [3.8, 4) is 0 Å². The molecule has 3 N–H and O–H groups in total. The van der Waals surface area contributed by atoms with Crippen LogP contribution in [0, 0.1) is 6.92 Å². The van der Waals surface area contributed by atoms with Crippen LogP contribution in [0.2, 0.25) is 0 Å². The van der Waals surface area contributed by atoms with Crippen molar-refractivity contribution in [2.75, 3.05) is 11.9 Å². The van der Waals surface area contributed by atoms with E-state index in [1.165, 1.54) is 0 Å². The number of anilines is 1. The van der Waals surface area contributed by atoms with Gasteiger partial charge < -0.3 is 11.1 Å². The van der Waals surface area contributed by atoms with E-state index >= 15 is 0 Å². The second-order valence-electron chi connectivity index (χ2n) is 2.89. The van der Waals surface area contributed by atoms with Crippen LogP contribution in [-0.4, -0.2) is 22.2 Å². The fraction of sp³-hybridized carbons (Fsp3) is 0.500. The van der Waals surface area contributed by atoms with E-state index in [4.69, 9.17) is 5.73 Å². The number of nitrogens with two attached hydrogens (primary N) is 1. The second-order valence-corrected chi connectivity index (χ2v) is 2.89. The van der Waals surface area contributed by atoms with Gasteiger partial charge in [-0.25, -0.2) is 0 Å². The molecule has 1 aromatic heterocycles. The van der Waals surface area contributed by atoms with E-state index in [9.17, 15) is 4.79 Å². The summed E-state index contributed by atoms with van der Waals surface area (Å²) < 4.78 is 1.66. The smallest absolute Gasteiger partial charge is 0.225 e. The van der Waals surface area contributed by atoms with Crippen LogP contribution in [0.3, 0.4) is 0 Å². The van der Waals surface area contributed by atoms with E-state index in [0.29, 0.717) is 13.0 Å². The van der Waals surface area contributed by atoms with Crippen molar-refractivity contribution in [3.05, 3.63) is 11.9 Å². The van der Waals surface area contributed by atoms with Gasteiger partial charge in [0.2, 0.25) is 5.91 Å². The van der Waals surface area contributed by atoms with Crippen LogP contribution in [-0.2, 0) is 11.8 Å². The zero-order chi connectivity index (χ0) is 9.84. The van der Waals surface area contributed by atoms with Crippen LogP contribution in [0.4, 0.5) is 5.69 Å². The first-order valence-corrected chi connectivity index (χ1v) is 4.13. The lowest BCUT2D eigenvalue weighted by Gasteiger charge is -2.00. The highest BCUT2D eigenvalue weighted by Crippen LogP contribution is 2.11. The Bertz CT molecular complexity index is 305. The van der Waals surface area contributed by atoms with Crippen LogP contribution in [0.25, 0.3) is 0 Å². The van der Waals surface area contributed by atoms with E-state index in [-0.39, 0.29) is 5.91 Å². The lowest BCUT2D eigenvalue weighted by Crippen LogP contribution is -2.16. The SMILES string of the molecule is Cc1nn(C)cc1NC(=O)CCN. The molecule has 0 aliphatic rings. The number of rotatable bonds is 3. The van der Waals surface area contributed by atoms with E-state index in [1.54, 1.807) is 10.9 Å². The van der Waals surface area contributed by atoms with Crippen molar-refractivity contribution in [1.82, 2.24) is 9.78 Å². The summed E-state index contributed by atoms with van der Waals surface area (Å²) >= 11 is 0. The molecule has 1 amide bonds. The zero-order valence-corrected chi connectivity index (χ0v) is 7.87. The summed E-state index contributed by atoms with van der Waals surface area (Å²) in [5.74, 6) is -0.0707. The number of carbonyl (C=O) groups is 1. The monoisotopic (exact) mass is 182 g/mol. The van der Waals surface area contributed by atoms with Crippen LogP contribution >= 0.6 is 0 Å². The van der Waals surface area contributed by atoms with Gasteiger partial charge in [-0.05, 0) is 6.92 Å². The predicted octanol–water partition coefficient (Wildman–Crippen LogP) is 0.0158. The van der Waals surface area contributed by atoms with Gasteiger partial charge in [-0.15, -0.1) is 0 Å². The van der Waals surface area contributed by atoms with Crippen LogP contribution < -0.4 is 11.1 Å². The first kappa shape index (κ1) is 9.73. The van der Waals surface area contributed by atoms with Gasteiger partial charge in [0.15, 0.2) is 0 Å². The third kappa shape index (κ3) is 2.55. The molecular weight excluding hydrogens is 168 g/mol. The van der Waals surface area contributed by atoms with E-state index < -0.39 is 0 Å². The summed E-state index contributed by atoms with van der Waals surface area (Å²) in [5.41, 5.74) is 6.81. The lowest BCUT2D eigenvalue weighted by molar-refractivity contribution is -0.116. The minimum atomic E-state index is -0.0707. The van der Waals surface area contributed by atoms with Gasteiger partial charge in [-0.1, -0.05) is 0 Å². The molecule has 0 unspecified atom stereocenters. The Balaban J connectivity index is 2.63. The summed E-state index contributed by atoms with van der Waals surface area (Å²) in [7, 11) is 1.81. The fourth-order valence-electron chi connectivity index (χ4n) is 1.07. The Hall–Kier alpha value is -1.36. The van der Waals surface area contributed by atoms with Crippen LogP contribution in [0.5, 0.6) is 0 Å². The van der Waals surface area contributed by atoms with Gasteiger partial charge in [0.25, 0.3) is 0 Å². The van der Waals surface area contributed by atoms with E-state index in [2.05, 4.69) is 10.4 Å².